The molecular formula is C30H34F3N5O2. The number of halogens is 3. The molecule has 7 nitrogen and oxygen atoms in total. The third-order valence-corrected chi connectivity index (χ3v) is 9.22. The lowest BCUT2D eigenvalue weighted by Crippen LogP contribution is -2.47. The van der Waals surface area contributed by atoms with Gasteiger partial charge < -0.3 is 19.5 Å². The summed E-state index contributed by atoms with van der Waals surface area (Å²) in [5, 5.41) is 11.9. The van der Waals surface area contributed by atoms with Crippen molar-refractivity contribution in [1.29, 1.82) is 0 Å². The molecule has 212 valence electrons. The third-order valence-electron chi connectivity index (χ3n) is 9.22. The number of rotatable bonds is 8. The fraction of sp³-hybridized carbons (Fsp3) is 0.500. The lowest BCUT2D eigenvalue weighted by atomic mass is 9.69. The predicted molar refractivity (Wildman–Crippen MR) is 144 cm³/mol. The molecule has 6 rings (SSSR count). The van der Waals surface area contributed by atoms with Crippen LogP contribution in [0.4, 0.5) is 18.9 Å². The molecule has 3 aliphatic rings. The van der Waals surface area contributed by atoms with Gasteiger partial charge in [0, 0.05) is 37.5 Å². The van der Waals surface area contributed by atoms with Gasteiger partial charge in [0.15, 0.2) is 11.4 Å². The fourth-order valence-electron chi connectivity index (χ4n) is 6.49. The molecule has 2 aliphatic carbocycles. The summed E-state index contributed by atoms with van der Waals surface area (Å²) >= 11 is 0. The first-order chi connectivity index (χ1) is 19.1. The van der Waals surface area contributed by atoms with Crippen molar-refractivity contribution in [3.05, 3.63) is 76.4 Å². The first-order valence-electron chi connectivity index (χ1n) is 13.9. The zero-order valence-corrected chi connectivity index (χ0v) is 23.0. The van der Waals surface area contributed by atoms with Crippen molar-refractivity contribution in [2.45, 2.75) is 75.9 Å². The summed E-state index contributed by atoms with van der Waals surface area (Å²) in [7, 11) is 3.51. The first-order valence-corrected chi connectivity index (χ1v) is 13.9. The van der Waals surface area contributed by atoms with E-state index < -0.39 is 23.2 Å². The van der Waals surface area contributed by atoms with E-state index in [4.69, 9.17) is 4.74 Å². The van der Waals surface area contributed by atoms with Gasteiger partial charge >= 0.3 is 6.18 Å². The molecule has 0 bridgehead atoms. The molecule has 1 aromatic heterocycles. The molecule has 3 aromatic rings. The van der Waals surface area contributed by atoms with Crippen molar-refractivity contribution in [3.63, 3.8) is 0 Å². The van der Waals surface area contributed by atoms with E-state index in [1.165, 1.54) is 11.0 Å². The summed E-state index contributed by atoms with van der Waals surface area (Å²) in [5.41, 5.74) is 0.227. The maximum absolute atomic E-state index is 14.2. The molecule has 2 aromatic carbocycles. The molecule has 0 radical (unpaired) electrons. The second-order valence-electron chi connectivity index (χ2n) is 11.7. The normalized spacial score (nSPS) is 20.1. The zero-order valence-electron chi connectivity index (χ0n) is 23.0. The van der Waals surface area contributed by atoms with Crippen LogP contribution in [0.1, 0.15) is 83.9 Å². The fourth-order valence-corrected chi connectivity index (χ4v) is 6.49. The van der Waals surface area contributed by atoms with Crippen LogP contribution in [0.5, 0.6) is 0 Å². The smallest absolute Gasteiger partial charge is 0.365 e. The van der Waals surface area contributed by atoms with E-state index in [1.54, 1.807) is 25.6 Å². The Morgan fingerprint density at radius 1 is 1.15 bits per heavy atom. The summed E-state index contributed by atoms with van der Waals surface area (Å²) in [5.74, 6) is 0.385. The molecule has 0 spiro atoms. The van der Waals surface area contributed by atoms with E-state index in [0.717, 1.165) is 44.1 Å². The second kappa shape index (κ2) is 9.69. The van der Waals surface area contributed by atoms with Gasteiger partial charge in [-0.25, -0.2) is 0 Å². The molecule has 0 saturated heterocycles. The quantitative estimate of drug-likeness (QED) is 0.387. The SMILES string of the molecule is CO[C@](c1cccc(N2Cc3c(cc(CNC4(C)CCC4)cc3C(F)(F)F)C2=O)c1)(c1nncn1C)C1CCC1. The lowest BCUT2D eigenvalue weighted by molar-refractivity contribution is -0.138. The van der Waals surface area contributed by atoms with Crippen molar-refractivity contribution in [3.8, 4) is 0 Å². The number of ether oxygens (including phenoxy) is 1. The van der Waals surface area contributed by atoms with Gasteiger partial charge in [-0.05, 0) is 85.9 Å². The molecule has 1 N–H and O–H groups in total. The Labute approximate surface area is 231 Å². The van der Waals surface area contributed by atoms with Crippen LogP contribution >= 0.6 is 0 Å². The van der Waals surface area contributed by atoms with E-state index in [-0.39, 0.29) is 35.7 Å². The van der Waals surface area contributed by atoms with Crippen LogP contribution in [0, 0.1) is 5.92 Å². The molecule has 2 saturated carbocycles. The third kappa shape index (κ3) is 4.32. The van der Waals surface area contributed by atoms with E-state index in [1.807, 2.05) is 29.8 Å². The number of alkyl halides is 3. The Kier molecular flexibility index (Phi) is 6.53. The molecule has 40 heavy (non-hydrogen) atoms. The van der Waals surface area contributed by atoms with Crippen LogP contribution in [0.25, 0.3) is 0 Å². The maximum Gasteiger partial charge on any atom is 0.416 e. The van der Waals surface area contributed by atoms with Crippen molar-refractivity contribution >= 4 is 11.6 Å². The van der Waals surface area contributed by atoms with Gasteiger partial charge in [-0.2, -0.15) is 13.2 Å². The summed E-state index contributed by atoms with van der Waals surface area (Å²) in [6, 6.07) is 10.2. The van der Waals surface area contributed by atoms with Crippen LogP contribution in [-0.4, -0.2) is 33.3 Å². The number of benzene rings is 2. The number of fused-ring (bicyclic) bond motifs is 1. The Bertz CT molecular complexity index is 1440. The van der Waals surface area contributed by atoms with Crippen LogP contribution in [-0.2, 0) is 36.7 Å². The average molecular weight is 554 g/mol. The molecule has 1 amide bonds. The Morgan fingerprint density at radius 3 is 2.50 bits per heavy atom. The topological polar surface area (TPSA) is 72.3 Å². The first kappa shape index (κ1) is 27.0. The number of carbonyl (C=O) groups is 1. The number of anilines is 1. The van der Waals surface area contributed by atoms with Crippen LogP contribution in [0.15, 0.2) is 42.7 Å². The Balaban J connectivity index is 1.37. The summed E-state index contributed by atoms with van der Waals surface area (Å²) in [4.78, 5) is 15.1. The summed E-state index contributed by atoms with van der Waals surface area (Å²) in [6.07, 6.45) is 3.12. The highest BCUT2D eigenvalue weighted by atomic mass is 19.4. The highest BCUT2D eigenvalue weighted by Crippen LogP contribution is 2.49. The van der Waals surface area contributed by atoms with E-state index in [9.17, 15) is 18.0 Å². The molecule has 1 aliphatic heterocycles. The van der Waals surface area contributed by atoms with Crippen molar-refractivity contribution < 1.29 is 22.7 Å². The molecule has 1 atom stereocenters. The number of aromatic nitrogens is 3. The number of amides is 1. The number of methoxy groups -OCH3 is 1. The Morgan fingerprint density at radius 2 is 1.93 bits per heavy atom. The number of aryl methyl sites for hydroxylation is 1. The van der Waals surface area contributed by atoms with Crippen molar-refractivity contribution in [2.24, 2.45) is 13.0 Å². The minimum atomic E-state index is -4.57. The van der Waals surface area contributed by atoms with E-state index in [0.29, 0.717) is 17.1 Å². The van der Waals surface area contributed by atoms with Gasteiger partial charge in [-0.1, -0.05) is 18.6 Å². The molecule has 0 unspecified atom stereocenters. The minimum Gasteiger partial charge on any atom is -0.365 e. The average Bonchev–Trinajstić information content (AvgIpc) is 3.46. The number of carbonyl (C=O) groups excluding carboxylic acids is 1. The van der Waals surface area contributed by atoms with Crippen LogP contribution in [0.3, 0.4) is 0 Å². The van der Waals surface area contributed by atoms with Crippen LogP contribution in [0.2, 0.25) is 0 Å². The van der Waals surface area contributed by atoms with Crippen LogP contribution < -0.4 is 10.2 Å². The highest BCUT2D eigenvalue weighted by Gasteiger charge is 2.49. The van der Waals surface area contributed by atoms with Gasteiger partial charge in [0.2, 0.25) is 0 Å². The molecule has 10 heteroatoms. The number of nitrogens with one attached hydrogen (secondary N) is 1. The summed E-state index contributed by atoms with van der Waals surface area (Å²) in [6.45, 7) is 2.22. The molecular weight excluding hydrogens is 519 g/mol. The van der Waals surface area contributed by atoms with Crippen molar-refractivity contribution in [1.82, 2.24) is 20.1 Å². The summed E-state index contributed by atoms with van der Waals surface area (Å²) < 4.78 is 50.8. The monoisotopic (exact) mass is 553 g/mol. The van der Waals surface area contributed by atoms with Gasteiger partial charge in [0.25, 0.3) is 5.91 Å². The molecule has 2 heterocycles. The van der Waals surface area contributed by atoms with Gasteiger partial charge in [-0.3, -0.25) is 4.79 Å². The number of hydrogen-bond acceptors (Lipinski definition) is 5. The van der Waals surface area contributed by atoms with E-state index >= 15 is 0 Å². The van der Waals surface area contributed by atoms with Gasteiger partial charge in [0.1, 0.15) is 6.33 Å². The lowest BCUT2D eigenvalue weighted by Gasteiger charge is -2.44. The van der Waals surface area contributed by atoms with Gasteiger partial charge in [0.05, 0.1) is 12.1 Å². The van der Waals surface area contributed by atoms with E-state index in [2.05, 4.69) is 22.4 Å². The van der Waals surface area contributed by atoms with Gasteiger partial charge in [-0.15, -0.1) is 10.2 Å². The second-order valence-corrected chi connectivity index (χ2v) is 11.7. The highest BCUT2D eigenvalue weighted by molar-refractivity contribution is 6.10. The predicted octanol–water partition coefficient (Wildman–Crippen LogP) is 5.72. The zero-order chi connectivity index (χ0) is 28.3. The molecule has 2 fully saturated rings. The standard InChI is InChI=1S/C30H34F3N5O2/c1-28(11-6-12-28)34-16-19-13-23-24(25(14-19)30(31,32)33)17-38(26(23)39)22-10-5-9-21(15-22)29(40-3,20-7-4-8-20)27-36-35-18-37(27)2/h5,9-10,13-15,18,20,34H,4,6-8,11-12,16-17H2,1-3H3/t29-/m1/s1. The number of hydrogen-bond donors (Lipinski definition) is 1. The maximum atomic E-state index is 14.2. The Hall–Kier alpha value is -3.24. The van der Waals surface area contributed by atoms with Crippen molar-refractivity contribution in [2.75, 3.05) is 12.0 Å². The number of nitrogens with zero attached hydrogens (tertiary/aromatic N) is 4. The minimum absolute atomic E-state index is 0.0202. The largest absolute Gasteiger partial charge is 0.416 e.